The summed E-state index contributed by atoms with van der Waals surface area (Å²) in [6.45, 7) is 0.324. The van der Waals surface area contributed by atoms with E-state index >= 15 is 0 Å². The molecule has 1 aromatic heterocycles. The van der Waals surface area contributed by atoms with Gasteiger partial charge in [-0.05, 0) is 18.2 Å². The molecule has 1 heterocycles. The molecule has 0 bridgehead atoms. The number of aryl methyl sites for hydroxylation is 1. The van der Waals surface area contributed by atoms with E-state index in [9.17, 15) is 9.59 Å². The molecule has 0 aliphatic carbocycles. The maximum atomic E-state index is 11.7. The number of nitrogens with zero attached hydrogens (tertiary/aromatic N) is 2. The van der Waals surface area contributed by atoms with E-state index in [0.29, 0.717) is 12.2 Å². The fourth-order valence-electron chi connectivity index (χ4n) is 1.66. The minimum absolute atomic E-state index is 0.0568. The number of benzene rings is 1. The van der Waals surface area contributed by atoms with E-state index in [1.54, 1.807) is 24.1 Å². The van der Waals surface area contributed by atoms with Crippen LogP contribution >= 0.6 is 11.6 Å². The van der Waals surface area contributed by atoms with Gasteiger partial charge in [-0.3, -0.25) is 4.68 Å². The smallest absolute Gasteiger partial charge is 0.335 e. The number of nitrogens with one attached hydrogen (secondary N) is 2. The van der Waals surface area contributed by atoms with Crippen LogP contribution in [0.2, 0.25) is 5.02 Å². The first-order chi connectivity index (χ1) is 9.95. The minimum atomic E-state index is -1.08. The number of amides is 2. The standard InChI is InChI=1S/C13H13ClN4O3/c1-18-7-8(6-16-18)5-15-13(21)17-11-3-2-9(12(19)20)4-10(11)14/h2-4,6-7H,5H2,1H3,(H,19,20)(H2,15,17,21). The Kier molecular flexibility index (Phi) is 4.44. The highest BCUT2D eigenvalue weighted by atomic mass is 35.5. The Morgan fingerprint density at radius 1 is 1.43 bits per heavy atom. The highest BCUT2D eigenvalue weighted by Crippen LogP contribution is 2.22. The molecule has 0 aliphatic rings. The van der Waals surface area contributed by atoms with Crippen LogP contribution in [-0.2, 0) is 13.6 Å². The van der Waals surface area contributed by atoms with Gasteiger partial charge in [-0.15, -0.1) is 0 Å². The van der Waals surface area contributed by atoms with Crippen molar-refractivity contribution in [2.75, 3.05) is 5.32 Å². The van der Waals surface area contributed by atoms with E-state index in [4.69, 9.17) is 16.7 Å². The summed E-state index contributed by atoms with van der Waals surface area (Å²) in [5, 5.41) is 18.2. The van der Waals surface area contributed by atoms with Gasteiger partial charge in [0.1, 0.15) is 0 Å². The molecular weight excluding hydrogens is 296 g/mol. The van der Waals surface area contributed by atoms with Gasteiger partial charge in [0.05, 0.1) is 22.5 Å². The molecule has 3 N–H and O–H groups in total. The third-order valence-electron chi connectivity index (χ3n) is 2.68. The third-order valence-corrected chi connectivity index (χ3v) is 2.99. The zero-order valence-corrected chi connectivity index (χ0v) is 11.9. The topological polar surface area (TPSA) is 96.2 Å². The monoisotopic (exact) mass is 308 g/mol. The van der Waals surface area contributed by atoms with E-state index < -0.39 is 12.0 Å². The van der Waals surface area contributed by atoms with E-state index in [-0.39, 0.29) is 10.6 Å². The summed E-state index contributed by atoms with van der Waals surface area (Å²) in [7, 11) is 1.79. The van der Waals surface area contributed by atoms with Gasteiger partial charge in [0.15, 0.2) is 0 Å². The van der Waals surface area contributed by atoms with Crippen molar-refractivity contribution in [3.63, 3.8) is 0 Å². The Balaban J connectivity index is 1.94. The molecule has 1 aromatic carbocycles. The second kappa shape index (κ2) is 6.27. The van der Waals surface area contributed by atoms with Crippen LogP contribution in [0.5, 0.6) is 0 Å². The molecule has 0 saturated carbocycles. The molecule has 0 radical (unpaired) electrons. The molecule has 8 heteroatoms. The number of carbonyl (C=O) groups excluding carboxylic acids is 1. The fraction of sp³-hybridized carbons (Fsp3) is 0.154. The van der Waals surface area contributed by atoms with Crippen LogP contribution in [0.25, 0.3) is 0 Å². The van der Waals surface area contributed by atoms with Crippen LogP contribution in [0.4, 0.5) is 10.5 Å². The van der Waals surface area contributed by atoms with Gasteiger partial charge < -0.3 is 15.7 Å². The average molecular weight is 309 g/mol. The lowest BCUT2D eigenvalue weighted by molar-refractivity contribution is 0.0697. The quantitative estimate of drug-likeness (QED) is 0.805. The van der Waals surface area contributed by atoms with Gasteiger partial charge in [-0.25, -0.2) is 9.59 Å². The Hall–Kier alpha value is -2.54. The van der Waals surface area contributed by atoms with Crippen molar-refractivity contribution in [2.24, 2.45) is 7.05 Å². The number of carboxylic acid groups (broad SMARTS) is 1. The lowest BCUT2D eigenvalue weighted by atomic mass is 10.2. The summed E-state index contributed by atoms with van der Waals surface area (Å²) in [5.41, 5.74) is 1.26. The first kappa shape index (κ1) is 14.9. The normalized spacial score (nSPS) is 10.2. The van der Waals surface area contributed by atoms with Gasteiger partial charge in [-0.1, -0.05) is 11.6 Å². The molecule has 2 rings (SSSR count). The van der Waals surface area contributed by atoms with Crippen molar-refractivity contribution in [1.82, 2.24) is 15.1 Å². The van der Waals surface area contributed by atoms with Gasteiger partial charge in [0.2, 0.25) is 0 Å². The van der Waals surface area contributed by atoms with Gasteiger partial charge in [0, 0.05) is 25.4 Å². The fourth-order valence-corrected chi connectivity index (χ4v) is 1.89. The molecule has 2 amide bonds. The maximum Gasteiger partial charge on any atom is 0.335 e. The van der Waals surface area contributed by atoms with Crippen LogP contribution < -0.4 is 10.6 Å². The second-order valence-electron chi connectivity index (χ2n) is 4.33. The van der Waals surface area contributed by atoms with Crippen LogP contribution in [0, 0.1) is 0 Å². The largest absolute Gasteiger partial charge is 0.478 e. The van der Waals surface area contributed by atoms with Crippen molar-refractivity contribution < 1.29 is 14.7 Å². The molecule has 7 nitrogen and oxygen atoms in total. The van der Waals surface area contributed by atoms with Crippen molar-refractivity contribution in [1.29, 1.82) is 0 Å². The summed E-state index contributed by atoms with van der Waals surface area (Å²) in [5.74, 6) is -1.08. The minimum Gasteiger partial charge on any atom is -0.478 e. The molecular formula is C13H13ClN4O3. The molecule has 21 heavy (non-hydrogen) atoms. The van der Waals surface area contributed by atoms with Crippen molar-refractivity contribution in [2.45, 2.75) is 6.54 Å². The number of hydrogen-bond acceptors (Lipinski definition) is 3. The SMILES string of the molecule is Cn1cc(CNC(=O)Nc2ccc(C(=O)O)cc2Cl)cn1. The molecule has 0 aliphatic heterocycles. The molecule has 2 aromatic rings. The molecule has 0 spiro atoms. The van der Waals surface area contributed by atoms with Crippen LogP contribution in [0.1, 0.15) is 15.9 Å². The molecule has 0 saturated heterocycles. The van der Waals surface area contributed by atoms with Gasteiger partial charge >= 0.3 is 12.0 Å². The van der Waals surface area contributed by atoms with E-state index in [2.05, 4.69) is 15.7 Å². The van der Waals surface area contributed by atoms with Crippen molar-refractivity contribution in [3.05, 3.63) is 46.7 Å². The van der Waals surface area contributed by atoms with Crippen LogP contribution in [-0.4, -0.2) is 26.9 Å². The van der Waals surface area contributed by atoms with E-state index in [0.717, 1.165) is 5.56 Å². The molecule has 110 valence electrons. The predicted octanol–water partition coefficient (Wildman–Crippen LogP) is 2.09. The van der Waals surface area contributed by atoms with Crippen molar-refractivity contribution >= 4 is 29.3 Å². The Morgan fingerprint density at radius 3 is 2.76 bits per heavy atom. The van der Waals surface area contributed by atoms with Crippen LogP contribution in [0.3, 0.4) is 0 Å². The van der Waals surface area contributed by atoms with Gasteiger partial charge in [-0.2, -0.15) is 5.10 Å². The molecule has 0 atom stereocenters. The Bertz CT molecular complexity index is 684. The second-order valence-corrected chi connectivity index (χ2v) is 4.74. The summed E-state index contributed by atoms with van der Waals surface area (Å²) in [6.07, 6.45) is 3.43. The summed E-state index contributed by atoms with van der Waals surface area (Å²) in [4.78, 5) is 22.5. The van der Waals surface area contributed by atoms with E-state index in [1.165, 1.54) is 18.2 Å². The zero-order chi connectivity index (χ0) is 15.4. The summed E-state index contributed by atoms with van der Waals surface area (Å²) in [6, 6.07) is 3.64. The Labute approximate surface area is 125 Å². The lowest BCUT2D eigenvalue weighted by Crippen LogP contribution is -2.28. The maximum absolute atomic E-state index is 11.7. The number of anilines is 1. The predicted molar refractivity (Wildman–Crippen MR) is 77.5 cm³/mol. The number of hydrogen-bond donors (Lipinski definition) is 3. The number of rotatable bonds is 4. The third kappa shape index (κ3) is 3.96. The number of aromatic nitrogens is 2. The first-order valence-electron chi connectivity index (χ1n) is 6.01. The highest BCUT2D eigenvalue weighted by molar-refractivity contribution is 6.34. The number of aromatic carboxylic acids is 1. The van der Waals surface area contributed by atoms with Gasteiger partial charge in [0.25, 0.3) is 0 Å². The average Bonchev–Trinajstić information content (AvgIpc) is 2.84. The first-order valence-corrected chi connectivity index (χ1v) is 6.38. The number of carbonyl (C=O) groups is 2. The lowest BCUT2D eigenvalue weighted by Gasteiger charge is -2.08. The number of urea groups is 1. The molecule has 0 unspecified atom stereocenters. The number of halogens is 1. The number of carboxylic acids is 1. The summed E-state index contributed by atoms with van der Waals surface area (Å²) >= 11 is 5.92. The van der Waals surface area contributed by atoms with Crippen molar-refractivity contribution in [3.8, 4) is 0 Å². The zero-order valence-electron chi connectivity index (χ0n) is 11.1. The van der Waals surface area contributed by atoms with E-state index in [1.807, 2.05) is 0 Å². The highest BCUT2D eigenvalue weighted by Gasteiger charge is 2.09. The van der Waals surface area contributed by atoms with Crippen LogP contribution in [0.15, 0.2) is 30.6 Å². The summed E-state index contributed by atoms with van der Waals surface area (Å²) < 4.78 is 1.64. The Morgan fingerprint density at radius 2 is 2.19 bits per heavy atom. The molecule has 0 fully saturated rings.